The van der Waals surface area contributed by atoms with Crippen LogP contribution < -0.4 is 10.6 Å². The number of allylic oxidation sites excluding steroid dienone is 1. The summed E-state index contributed by atoms with van der Waals surface area (Å²) < 4.78 is 4.90. The zero-order chi connectivity index (χ0) is 23.7. The molecule has 1 aromatic carbocycles. The average molecular weight is 444 g/mol. The van der Waals surface area contributed by atoms with Gasteiger partial charge < -0.3 is 15.4 Å². The van der Waals surface area contributed by atoms with Crippen LogP contribution in [0, 0.1) is 17.8 Å². The number of nitrogens with zero attached hydrogens (tertiary/aromatic N) is 1. The van der Waals surface area contributed by atoms with Crippen LogP contribution in [0.3, 0.4) is 0 Å². The fourth-order valence-corrected chi connectivity index (χ4v) is 3.88. The number of benzene rings is 1. The highest BCUT2D eigenvalue weighted by atomic mass is 16.6. The molecular formula is C24H33N3O5. The van der Waals surface area contributed by atoms with Gasteiger partial charge in [-0.3, -0.25) is 14.4 Å². The van der Waals surface area contributed by atoms with E-state index in [4.69, 9.17) is 4.74 Å². The molecule has 1 aliphatic heterocycles. The van der Waals surface area contributed by atoms with Crippen LogP contribution in [0.15, 0.2) is 43.0 Å². The van der Waals surface area contributed by atoms with Gasteiger partial charge in [-0.05, 0) is 24.3 Å². The molecule has 0 saturated carbocycles. The van der Waals surface area contributed by atoms with E-state index in [1.165, 1.54) is 7.05 Å². The van der Waals surface area contributed by atoms with Crippen LogP contribution in [0.25, 0.3) is 0 Å². The van der Waals surface area contributed by atoms with E-state index in [0.717, 1.165) is 10.5 Å². The van der Waals surface area contributed by atoms with Gasteiger partial charge in [0, 0.05) is 13.5 Å². The van der Waals surface area contributed by atoms with E-state index < -0.39 is 35.8 Å². The normalized spacial score (nSPS) is 16.1. The summed E-state index contributed by atoms with van der Waals surface area (Å²) in [5.41, 5.74) is 0.903. The highest BCUT2D eigenvalue weighted by Crippen LogP contribution is 2.28. The van der Waals surface area contributed by atoms with E-state index >= 15 is 0 Å². The molecule has 3 atom stereocenters. The maximum Gasteiger partial charge on any atom is 0.416 e. The zero-order valence-corrected chi connectivity index (χ0v) is 19.0. The minimum absolute atomic E-state index is 0.115. The van der Waals surface area contributed by atoms with Gasteiger partial charge in [0.05, 0.1) is 18.4 Å². The van der Waals surface area contributed by atoms with Crippen molar-refractivity contribution >= 4 is 23.8 Å². The highest BCUT2D eigenvalue weighted by molar-refractivity contribution is 5.97. The zero-order valence-electron chi connectivity index (χ0n) is 19.0. The molecule has 4 amide bonds. The molecule has 0 bridgehead atoms. The fourth-order valence-electron chi connectivity index (χ4n) is 3.88. The lowest BCUT2D eigenvalue weighted by Crippen LogP contribution is -2.51. The van der Waals surface area contributed by atoms with Gasteiger partial charge in [0.15, 0.2) is 0 Å². The molecule has 0 aromatic heterocycles. The first-order chi connectivity index (χ1) is 15.3. The molecule has 0 unspecified atom stereocenters. The molecule has 2 N–H and O–H groups in total. The Hall–Kier alpha value is -3.16. The number of ether oxygens (including phenoxy) is 1. The van der Waals surface area contributed by atoms with Crippen LogP contribution in [-0.4, -0.2) is 55.0 Å². The molecule has 0 spiro atoms. The number of imide groups is 1. The van der Waals surface area contributed by atoms with Crippen molar-refractivity contribution in [3.63, 3.8) is 0 Å². The van der Waals surface area contributed by atoms with Crippen LogP contribution in [0.1, 0.15) is 32.3 Å². The summed E-state index contributed by atoms with van der Waals surface area (Å²) in [5, 5.41) is 5.44. The highest BCUT2D eigenvalue weighted by Gasteiger charge is 2.40. The van der Waals surface area contributed by atoms with E-state index in [1.807, 2.05) is 44.2 Å². The molecule has 1 aliphatic rings. The van der Waals surface area contributed by atoms with Gasteiger partial charge in [-0.25, -0.2) is 9.69 Å². The van der Waals surface area contributed by atoms with Gasteiger partial charge in [-0.2, -0.15) is 0 Å². The Labute approximate surface area is 189 Å². The van der Waals surface area contributed by atoms with Crippen molar-refractivity contribution in [2.45, 2.75) is 39.2 Å². The lowest BCUT2D eigenvalue weighted by Gasteiger charge is -2.29. The SMILES string of the molecule is C=CC[C@H](C(=O)N1CCOC1=O)[C@@H](CC(C)C)C(=O)N[C@@H](Cc1ccccc1)C(=O)NC. The van der Waals surface area contributed by atoms with Gasteiger partial charge in [0.25, 0.3) is 0 Å². The van der Waals surface area contributed by atoms with Crippen LogP contribution in [-0.2, 0) is 25.5 Å². The molecule has 32 heavy (non-hydrogen) atoms. The number of cyclic esters (lactones) is 1. The summed E-state index contributed by atoms with van der Waals surface area (Å²) in [6.07, 6.45) is 1.85. The molecule has 0 radical (unpaired) electrons. The Morgan fingerprint density at radius 1 is 1.16 bits per heavy atom. The number of nitrogens with one attached hydrogen (secondary N) is 2. The van der Waals surface area contributed by atoms with E-state index in [2.05, 4.69) is 17.2 Å². The number of hydrogen-bond donors (Lipinski definition) is 2. The van der Waals surface area contributed by atoms with Crippen molar-refractivity contribution in [3.8, 4) is 0 Å². The van der Waals surface area contributed by atoms with E-state index in [1.54, 1.807) is 6.08 Å². The Kier molecular flexibility index (Phi) is 9.43. The number of carbonyl (C=O) groups is 4. The smallest absolute Gasteiger partial charge is 0.416 e. The maximum absolute atomic E-state index is 13.4. The van der Waals surface area contributed by atoms with Crippen molar-refractivity contribution in [1.29, 1.82) is 0 Å². The maximum atomic E-state index is 13.4. The Bertz CT molecular complexity index is 824. The van der Waals surface area contributed by atoms with Crippen LogP contribution in [0.5, 0.6) is 0 Å². The monoisotopic (exact) mass is 443 g/mol. The largest absolute Gasteiger partial charge is 0.447 e. The standard InChI is InChI=1S/C24H33N3O5/c1-5-9-18(23(30)27-12-13-32-24(27)31)19(14-16(2)3)21(28)26-20(22(29)25-4)15-17-10-7-6-8-11-17/h5-8,10-11,16,18-20H,1,9,12-15H2,2-4H3,(H,25,29)(H,26,28)/t18-,19+,20-/m0/s1. The van der Waals surface area contributed by atoms with E-state index in [0.29, 0.717) is 12.8 Å². The molecule has 1 heterocycles. The third-order valence-corrected chi connectivity index (χ3v) is 5.47. The third-order valence-electron chi connectivity index (χ3n) is 5.47. The molecule has 8 heteroatoms. The van der Waals surface area contributed by atoms with Crippen molar-refractivity contribution < 1.29 is 23.9 Å². The number of carbonyl (C=O) groups excluding carboxylic acids is 4. The molecule has 0 aliphatic carbocycles. The van der Waals surface area contributed by atoms with Crippen molar-refractivity contribution in [2.24, 2.45) is 17.8 Å². The van der Waals surface area contributed by atoms with Crippen molar-refractivity contribution in [1.82, 2.24) is 15.5 Å². The predicted octanol–water partition coefficient (Wildman–Crippen LogP) is 2.29. The average Bonchev–Trinajstić information content (AvgIpc) is 3.21. The summed E-state index contributed by atoms with van der Waals surface area (Å²) in [6, 6.07) is 8.60. The van der Waals surface area contributed by atoms with Gasteiger partial charge in [0.1, 0.15) is 12.6 Å². The minimum atomic E-state index is -0.791. The van der Waals surface area contributed by atoms with Crippen molar-refractivity contribution in [3.05, 3.63) is 48.6 Å². The summed E-state index contributed by atoms with van der Waals surface area (Å²) in [5.74, 6) is -2.55. The predicted molar refractivity (Wildman–Crippen MR) is 120 cm³/mol. The number of hydrogen-bond acceptors (Lipinski definition) is 5. The first-order valence-corrected chi connectivity index (χ1v) is 10.9. The second-order valence-corrected chi connectivity index (χ2v) is 8.34. The Morgan fingerprint density at radius 3 is 2.38 bits per heavy atom. The number of rotatable bonds is 11. The Balaban J connectivity index is 2.27. The summed E-state index contributed by atoms with van der Waals surface area (Å²) in [7, 11) is 1.51. The number of likely N-dealkylation sites (N-methyl/N-ethyl adjacent to an activating group) is 1. The molecule has 1 aromatic rings. The van der Waals surface area contributed by atoms with Crippen LogP contribution >= 0.6 is 0 Å². The fraction of sp³-hybridized carbons (Fsp3) is 0.500. The van der Waals surface area contributed by atoms with Crippen LogP contribution in [0.4, 0.5) is 4.79 Å². The van der Waals surface area contributed by atoms with Gasteiger partial charge in [-0.1, -0.05) is 50.3 Å². The summed E-state index contributed by atoms with van der Waals surface area (Å²) in [4.78, 5) is 52.1. The van der Waals surface area contributed by atoms with E-state index in [-0.39, 0.29) is 31.4 Å². The molecule has 1 saturated heterocycles. The van der Waals surface area contributed by atoms with Gasteiger partial charge in [0.2, 0.25) is 17.7 Å². The molecule has 1 fully saturated rings. The van der Waals surface area contributed by atoms with Crippen LogP contribution in [0.2, 0.25) is 0 Å². The first kappa shape index (κ1) is 25.1. The summed E-state index contributed by atoms with van der Waals surface area (Å²) in [6.45, 7) is 7.95. The minimum Gasteiger partial charge on any atom is -0.447 e. The molecule has 8 nitrogen and oxygen atoms in total. The van der Waals surface area contributed by atoms with Gasteiger partial charge in [-0.15, -0.1) is 6.58 Å². The van der Waals surface area contributed by atoms with Crippen molar-refractivity contribution in [2.75, 3.05) is 20.2 Å². The quantitative estimate of drug-likeness (QED) is 0.511. The lowest BCUT2D eigenvalue weighted by molar-refractivity contribution is -0.140. The Morgan fingerprint density at radius 2 is 1.84 bits per heavy atom. The lowest BCUT2D eigenvalue weighted by atomic mass is 9.81. The molecule has 2 rings (SSSR count). The molecular weight excluding hydrogens is 410 g/mol. The van der Waals surface area contributed by atoms with Gasteiger partial charge >= 0.3 is 6.09 Å². The topological polar surface area (TPSA) is 105 Å². The van der Waals surface area contributed by atoms with E-state index in [9.17, 15) is 19.2 Å². The number of amides is 4. The summed E-state index contributed by atoms with van der Waals surface area (Å²) >= 11 is 0. The third kappa shape index (κ3) is 6.67. The first-order valence-electron chi connectivity index (χ1n) is 10.9. The second kappa shape index (κ2) is 12.0. The molecule has 174 valence electrons. The second-order valence-electron chi connectivity index (χ2n) is 8.34.